The smallest absolute Gasteiger partial charge is 0.170 e. The van der Waals surface area contributed by atoms with E-state index in [2.05, 4.69) is 0 Å². The minimum Gasteiger partial charge on any atom is -0.494 e. The minimum absolute atomic E-state index is 0.217. The molecule has 0 aliphatic carbocycles. The molecule has 2 aromatic rings. The molecule has 0 aliphatic rings. The molecule has 1 atom stereocenters. The Kier molecular flexibility index (Phi) is 4.45. The van der Waals surface area contributed by atoms with Crippen molar-refractivity contribution >= 4 is 11.8 Å². The van der Waals surface area contributed by atoms with E-state index in [0.717, 1.165) is 10.5 Å². The van der Waals surface area contributed by atoms with E-state index in [-0.39, 0.29) is 5.75 Å². The summed E-state index contributed by atoms with van der Waals surface area (Å²) in [6.07, 6.45) is 1.98. The topological polar surface area (TPSA) is 35.2 Å². The third-order valence-corrected chi connectivity index (χ3v) is 3.83. The second-order valence-corrected chi connectivity index (χ2v) is 4.93. The van der Waals surface area contributed by atoms with Gasteiger partial charge in [0, 0.05) is 10.5 Å². The largest absolute Gasteiger partial charge is 0.494 e. The lowest BCUT2D eigenvalue weighted by Crippen LogP contribution is -2.15. The molecule has 0 bridgehead atoms. The number of halogens is 1. The van der Waals surface area contributed by atoms with Crippen LogP contribution in [0.5, 0.6) is 5.75 Å². The van der Waals surface area contributed by atoms with E-state index in [1.165, 1.54) is 7.11 Å². The Morgan fingerprint density at radius 2 is 1.79 bits per heavy atom. The van der Waals surface area contributed by atoms with Gasteiger partial charge in [-0.05, 0) is 24.0 Å². The first-order valence-electron chi connectivity index (χ1n) is 5.90. The van der Waals surface area contributed by atoms with E-state index in [4.69, 9.17) is 10.5 Å². The molecule has 2 N–H and O–H groups in total. The second kappa shape index (κ2) is 6.08. The normalized spacial score (nSPS) is 12.2. The Labute approximate surface area is 116 Å². The van der Waals surface area contributed by atoms with Gasteiger partial charge >= 0.3 is 0 Å². The number of methoxy groups -OCH3 is 1. The van der Waals surface area contributed by atoms with Crippen LogP contribution in [0.3, 0.4) is 0 Å². The number of rotatable bonds is 4. The van der Waals surface area contributed by atoms with Crippen LogP contribution in [0.4, 0.5) is 4.39 Å². The van der Waals surface area contributed by atoms with Crippen LogP contribution in [-0.4, -0.2) is 13.4 Å². The number of thioether (sulfide) groups is 1. The average Bonchev–Trinajstić information content (AvgIpc) is 2.46. The van der Waals surface area contributed by atoms with Gasteiger partial charge in [0.15, 0.2) is 11.6 Å². The zero-order chi connectivity index (χ0) is 13.8. The summed E-state index contributed by atoms with van der Waals surface area (Å²) in [6, 6.07) is 12.3. The quantitative estimate of drug-likeness (QED) is 0.867. The fourth-order valence-corrected chi connectivity index (χ4v) is 2.66. The first kappa shape index (κ1) is 13.9. The summed E-state index contributed by atoms with van der Waals surface area (Å²) in [6.45, 7) is 0. The van der Waals surface area contributed by atoms with Crippen LogP contribution in [-0.2, 0) is 0 Å². The highest BCUT2D eigenvalue weighted by Crippen LogP contribution is 2.32. The lowest BCUT2D eigenvalue weighted by molar-refractivity contribution is 0.383. The third-order valence-electron chi connectivity index (χ3n) is 3.02. The fraction of sp³-hybridized carbons (Fsp3) is 0.200. The van der Waals surface area contributed by atoms with Crippen molar-refractivity contribution in [2.75, 3.05) is 13.4 Å². The molecular weight excluding hydrogens is 261 g/mol. The van der Waals surface area contributed by atoms with E-state index >= 15 is 0 Å². The molecule has 4 heteroatoms. The Bertz CT molecular complexity index is 574. The van der Waals surface area contributed by atoms with Gasteiger partial charge < -0.3 is 10.5 Å². The number of benzene rings is 2. The van der Waals surface area contributed by atoms with Crippen molar-refractivity contribution in [1.82, 2.24) is 0 Å². The summed E-state index contributed by atoms with van der Waals surface area (Å²) in [5, 5.41) is 0. The molecule has 2 nitrogen and oxygen atoms in total. The number of hydrogen-bond donors (Lipinski definition) is 1. The molecule has 2 aromatic carbocycles. The Morgan fingerprint density at radius 3 is 2.47 bits per heavy atom. The molecule has 0 saturated carbocycles. The number of ether oxygens (including phenoxy) is 1. The van der Waals surface area contributed by atoms with Crippen molar-refractivity contribution in [3.63, 3.8) is 0 Å². The summed E-state index contributed by atoms with van der Waals surface area (Å²) in [5.74, 6) is -0.178. The fourth-order valence-electron chi connectivity index (χ4n) is 2.02. The molecule has 2 rings (SSSR count). The molecule has 0 heterocycles. The van der Waals surface area contributed by atoms with Crippen molar-refractivity contribution in [3.05, 3.63) is 59.4 Å². The first-order valence-corrected chi connectivity index (χ1v) is 7.12. The second-order valence-electron chi connectivity index (χ2n) is 4.08. The lowest BCUT2D eigenvalue weighted by Gasteiger charge is -2.17. The van der Waals surface area contributed by atoms with Gasteiger partial charge in [0.2, 0.25) is 0 Å². The highest BCUT2D eigenvalue weighted by Gasteiger charge is 2.18. The standard InChI is InChI=1S/C15H16FNOS/c1-18-12-8-5-7-11(14(12)16)15(17)10-6-3-4-9-13(10)19-2/h3-9,15H,17H2,1-2H3. The molecule has 19 heavy (non-hydrogen) atoms. The van der Waals surface area contributed by atoms with Gasteiger partial charge in [-0.2, -0.15) is 0 Å². The van der Waals surface area contributed by atoms with E-state index in [1.807, 2.05) is 30.5 Å². The molecule has 0 saturated heterocycles. The molecule has 0 spiro atoms. The Hall–Kier alpha value is -1.52. The van der Waals surface area contributed by atoms with Crippen molar-refractivity contribution < 1.29 is 9.13 Å². The van der Waals surface area contributed by atoms with Crippen molar-refractivity contribution in [2.24, 2.45) is 5.73 Å². The highest BCUT2D eigenvalue weighted by molar-refractivity contribution is 7.98. The summed E-state index contributed by atoms with van der Waals surface area (Å²) in [4.78, 5) is 1.05. The van der Waals surface area contributed by atoms with Gasteiger partial charge in [-0.15, -0.1) is 11.8 Å². The molecule has 0 aliphatic heterocycles. The van der Waals surface area contributed by atoms with Crippen molar-refractivity contribution in [3.8, 4) is 5.75 Å². The molecule has 0 amide bonds. The molecule has 1 unspecified atom stereocenters. The van der Waals surface area contributed by atoms with Crippen LogP contribution in [0, 0.1) is 5.82 Å². The van der Waals surface area contributed by atoms with E-state index < -0.39 is 11.9 Å². The summed E-state index contributed by atoms with van der Waals surface area (Å²) < 4.78 is 19.2. The average molecular weight is 277 g/mol. The van der Waals surface area contributed by atoms with Crippen molar-refractivity contribution in [2.45, 2.75) is 10.9 Å². The van der Waals surface area contributed by atoms with Crippen LogP contribution in [0.1, 0.15) is 17.2 Å². The molecule has 0 aromatic heterocycles. The molecule has 0 radical (unpaired) electrons. The van der Waals surface area contributed by atoms with Gasteiger partial charge in [0.25, 0.3) is 0 Å². The van der Waals surface area contributed by atoms with Crippen LogP contribution < -0.4 is 10.5 Å². The van der Waals surface area contributed by atoms with Gasteiger partial charge in [-0.25, -0.2) is 4.39 Å². The third kappa shape index (κ3) is 2.74. The monoisotopic (exact) mass is 277 g/mol. The summed E-state index contributed by atoms with van der Waals surface area (Å²) >= 11 is 1.60. The number of nitrogens with two attached hydrogens (primary N) is 1. The summed E-state index contributed by atoms with van der Waals surface area (Å²) in [7, 11) is 1.45. The highest BCUT2D eigenvalue weighted by atomic mass is 32.2. The van der Waals surface area contributed by atoms with Gasteiger partial charge in [-0.1, -0.05) is 30.3 Å². The minimum atomic E-state index is -0.501. The van der Waals surface area contributed by atoms with Crippen LogP contribution in [0.15, 0.2) is 47.4 Å². The van der Waals surface area contributed by atoms with E-state index in [1.54, 1.807) is 30.0 Å². The van der Waals surface area contributed by atoms with Crippen LogP contribution in [0.25, 0.3) is 0 Å². The van der Waals surface area contributed by atoms with Crippen molar-refractivity contribution in [1.29, 1.82) is 0 Å². The van der Waals surface area contributed by atoms with E-state index in [0.29, 0.717) is 5.56 Å². The van der Waals surface area contributed by atoms with Crippen LogP contribution >= 0.6 is 11.8 Å². The maximum Gasteiger partial charge on any atom is 0.170 e. The van der Waals surface area contributed by atoms with Gasteiger partial charge in [0.1, 0.15) is 0 Å². The number of hydrogen-bond acceptors (Lipinski definition) is 3. The zero-order valence-electron chi connectivity index (χ0n) is 10.9. The maximum absolute atomic E-state index is 14.2. The zero-order valence-corrected chi connectivity index (χ0v) is 11.7. The summed E-state index contributed by atoms with van der Waals surface area (Å²) in [5.41, 5.74) is 7.57. The Morgan fingerprint density at radius 1 is 1.11 bits per heavy atom. The van der Waals surface area contributed by atoms with Gasteiger partial charge in [0.05, 0.1) is 13.2 Å². The predicted octanol–water partition coefficient (Wildman–Crippen LogP) is 3.60. The predicted molar refractivity (Wildman–Crippen MR) is 77.2 cm³/mol. The maximum atomic E-state index is 14.2. The molecular formula is C15H16FNOS. The Balaban J connectivity index is 2.47. The SMILES string of the molecule is COc1cccc(C(N)c2ccccc2SC)c1F. The first-order chi connectivity index (χ1) is 9.19. The molecule has 0 fully saturated rings. The molecule has 100 valence electrons. The van der Waals surface area contributed by atoms with Crippen LogP contribution in [0.2, 0.25) is 0 Å². The lowest BCUT2D eigenvalue weighted by atomic mass is 9.99. The van der Waals surface area contributed by atoms with Gasteiger partial charge in [-0.3, -0.25) is 0 Å². The van der Waals surface area contributed by atoms with E-state index in [9.17, 15) is 4.39 Å².